The van der Waals surface area contributed by atoms with Crippen LogP contribution in [-0.4, -0.2) is 71.6 Å². The van der Waals surface area contributed by atoms with E-state index in [0.717, 1.165) is 11.1 Å². The van der Waals surface area contributed by atoms with Crippen molar-refractivity contribution in [3.8, 4) is 5.75 Å². The molecule has 1 unspecified atom stereocenters. The zero-order valence-corrected chi connectivity index (χ0v) is 22.9. The quantitative estimate of drug-likeness (QED) is 0.314. The molecule has 3 amide bonds. The van der Waals surface area contributed by atoms with Crippen LogP contribution in [0.2, 0.25) is 0 Å². The fourth-order valence-electron chi connectivity index (χ4n) is 3.62. The number of likely N-dealkylation sites (N-methyl/N-ethyl adjacent to an activating group) is 1. The summed E-state index contributed by atoms with van der Waals surface area (Å²) in [4.78, 5) is 44.6. The number of hydrogen-bond donors (Lipinski definition) is 3. The first-order chi connectivity index (χ1) is 18.5. The topological polar surface area (TPSA) is 141 Å². The van der Waals surface area contributed by atoms with E-state index in [4.69, 9.17) is 15.2 Å². The summed E-state index contributed by atoms with van der Waals surface area (Å²) in [5.74, 6) is -0.352. The smallest absolute Gasteiger partial charge is 0.250 e. The molecule has 2 atom stereocenters. The first-order valence-electron chi connectivity index (χ1n) is 12.4. The summed E-state index contributed by atoms with van der Waals surface area (Å²) in [6.07, 6.45) is 3.03. The van der Waals surface area contributed by atoms with Crippen molar-refractivity contribution in [2.24, 2.45) is 5.73 Å². The number of aromatic nitrogens is 2. The number of nitrogens with two attached hydrogens (primary N) is 1. The summed E-state index contributed by atoms with van der Waals surface area (Å²) in [7, 11) is 4.90. The summed E-state index contributed by atoms with van der Waals surface area (Å²) in [5.41, 5.74) is 6.37. The number of amides is 3. The molecule has 0 spiro atoms. The lowest BCUT2D eigenvalue weighted by atomic mass is 10.1. The summed E-state index contributed by atoms with van der Waals surface area (Å²) in [6, 6.07) is 14.9. The maximum atomic E-state index is 13.2. The van der Waals surface area contributed by atoms with Crippen molar-refractivity contribution in [2.75, 3.05) is 33.1 Å². The lowest BCUT2D eigenvalue weighted by molar-refractivity contribution is -0.131. The molecule has 3 rings (SSSR count). The van der Waals surface area contributed by atoms with E-state index in [2.05, 4.69) is 15.6 Å². The van der Waals surface area contributed by atoms with Gasteiger partial charge >= 0.3 is 0 Å². The maximum Gasteiger partial charge on any atom is 0.250 e. The van der Waals surface area contributed by atoms with Gasteiger partial charge in [0.05, 0.1) is 32.2 Å². The van der Waals surface area contributed by atoms with Crippen LogP contribution in [-0.2, 0) is 25.7 Å². The van der Waals surface area contributed by atoms with Crippen LogP contribution in [0.1, 0.15) is 38.4 Å². The van der Waals surface area contributed by atoms with Crippen LogP contribution >= 0.6 is 0 Å². The van der Waals surface area contributed by atoms with E-state index < -0.39 is 29.4 Å². The Morgan fingerprint density at radius 3 is 2.30 bits per heavy atom. The molecule has 0 aliphatic heterocycles. The molecular weight excluding hydrogens is 512 g/mol. The van der Waals surface area contributed by atoms with Gasteiger partial charge in [0.1, 0.15) is 17.8 Å². The van der Waals surface area contributed by atoms with Crippen molar-refractivity contribution in [2.45, 2.75) is 45.5 Å². The number of benzene rings is 2. The van der Waals surface area contributed by atoms with E-state index in [9.17, 15) is 14.4 Å². The normalized spacial score (nSPS) is 12.4. The minimum Gasteiger partial charge on any atom is -0.497 e. The molecular formula is C29H40N6O5. The number of carbonyl (C=O) groups excluding carboxylic acids is 3. The number of methoxy groups -OCH3 is 1. The van der Waals surface area contributed by atoms with Gasteiger partial charge in [0, 0.05) is 20.3 Å². The van der Waals surface area contributed by atoms with E-state index in [1.54, 1.807) is 70.1 Å². The highest BCUT2D eigenvalue weighted by atomic mass is 16.5. The zero-order chi connectivity index (χ0) is 28.6. The molecule has 11 heteroatoms. The zero-order valence-electron chi connectivity index (χ0n) is 22.9. The maximum absolute atomic E-state index is 13.2. The molecule has 0 aliphatic carbocycles. The lowest BCUT2D eigenvalue weighted by Gasteiger charge is -2.23. The van der Waals surface area contributed by atoms with Gasteiger partial charge in [-0.2, -0.15) is 0 Å². The Morgan fingerprint density at radius 1 is 1.07 bits per heavy atom. The summed E-state index contributed by atoms with van der Waals surface area (Å²) < 4.78 is 12.6. The first-order valence-corrected chi connectivity index (χ1v) is 12.4. The van der Waals surface area contributed by atoms with E-state index in [-0.39, 0.29) is 32.4 Å². The second kappa shape index (κ2) is 14.2. The highest BCUT2D eigenvalue weighted by Crippen LogP contribution is 2.24. The van der Waals surface area contributed by atoms with Gasteiger partial charge in [-0.05, 0) is 37.1 Å². The molecule has 0 aliphatic rings. The van der Waals surface area contributed by atoms with Gasteiger partial charge in [-0.15, -0.1) is 0 Å². The van der Waals surface area contributed by atoms with Crippen molar-refractivity contribution in [1.82, 2.24) is 19.8 Å². The predicted octanol–water partition coefficient (Wildman–Crippen LogP) is 2.58. The van der Waals surface area contributed by atoms with Gasteiger partial charge in [-0.3, -0.25) is 14.4 Å². The molecule has 11 nitrogen and oxygen atoms in total. The Balaban J connectivity index is 0.00000560. The van der Waals surface area contributed by atoms with E-state index >= 15 is 0 Å². The number of carbonyl (C=O) groups is 3. The molecule has 0 saturated carbocycles. The first kappa shape index (κ1) is 32.0. The molecule has 0 fully saturated rings. The number of nitrogens with one attached hydrogen (secondary N) is 2. The largest absolute Gasteiger partial charge is 0.497 e. The van der Waals surface area contributed by atoms with Crippen LogP contribution < -0.4 is 21.1 Å². The molecule has 0 radical (unpaired) electrons. The van der Waals surface area contributed by atoms with E-state index in [1.807, 2.05) is 30.3 Å². The standard InChI is InChI=1S/C28H36N6O5.CH4/c1-28(2,29)27(37)31-22(17-39-16-19-9-7-6-8-10-19)25(35)32-23-15-34(18-30-23)24(26(36)33(3)4)20-11-13-21(38-5)14-12-20;/h6-15,18,22,24H,16-17,29H2,1-5H3,(H,31,37)(H,32,35);1H4/t22-,24?;/m1./s1. The van der Waals surface area contributed by atoms with Crippen LogP contribution in [0.5, 0.6) is 5.75 Å². The SMILES string of the molecule is C.COc1ccc(C(C(=O)N(C)C)n2cnc(NC(=O)[C@@H](COCc3ccccc3)NC(=O)C(C)(C)N)c2)cc1. The fraction of sp³-hybridized carbons (Fsp3) is 0.379. The van der Waals surface area contributed by atoms with Crippen LogP contribution in [0.25, 0.3) is 0 Å². The average Bonchev–Trinajstić information content (AvgIpc) is 3.36. The summed E-state index contributed by atoms with van der Waals surface area (Å²) in [5, 5.41) is 5.36. The number of imidazole rings is 1. The molecule has 1 heterocycles. The summed E-state index contributed by atoms with van der Waals surface area (Å²) >= 11 is 0. The second-order valence-corrected chi connectivity index (χ2v) is 9.85. The van der Waals surface area contributed by atoms with Gasteiger partial charge in [0.15, 0.2) is 5.82 Å². The number of anilines is 1. The Kier molecular flexibility index (Phi) is 11.4. The Hall–Kier alpha value is -4.22. The molecule has 216 valence electrons. The third-order valence-corrected chi connectivity index (χ3v) is 5.86. The molecule has 40 heavy (non-hydrogen) atoms. The third-order valence-electron chi connectivity index (χ3n) is 5.86. The average molecular weight is 553 g/mol. The molecule has 2 aromatic carbocycles. The van der Waals surface area contributed by atoms with Crippen LogP contribution in [0.15, 0.2) is 67.1 Å². The third kappa shape index (κ3) is 8.65. The predicted molar refractivity (Wildman–Crippen MR) is 154 cm³/mol. The Labute approximate surface area is 235 Å². The number of ether oxygens (including phenoxy) is 2. The van der Waals surface area contributed by atoms with E-state index in [0.29, 0.717) is 5.75 Å². The molecule has 0 saturated heterocycles. The van der Waals surface area contributed by atoms with Crippen molar-refractivity contribution in [1.29, 1.82) is 0 Å². The van der Waals surface area contributed by atoms with Gasteiger partial charge in [0.25, 0.3) is 5.91 Å². The minimum atomic E-state index is -1.20. The van der Waals surface area contributed by atoms with Gasteiger partial charge in [-0.25, -0.2) is 4.98 Å². The van der Waals surface area contributed by atoms with Crippen LogP contribution in [0.4, 0.5) is 5.82 Å². The molecule has 3 aromatic rings. The van der Waals surface area contributed by atoms with Gasteiger partial charge < -0.3 is 35.3 Å². The number of hydrogen-bond acceptors (Lipinski definition) is 7. The van der Waals surface area contributed by atoms with Crippen LogP contribution in [0.3, 0.4) is 0 Å². The Bertz CT molecular complexity index is 1250. The van der Waals surface area contributed by atoms with E-state index in [1.165, 1.54) is 11.2 Å². The summed E-state index contributed by atoms with van der Waals surface area (Å²) in [6.45, 7) is 3.27. The molecule has 0 bridgehead atoms. The second-order valence-electron chi connectivity index (χ2n) is 9.85. The Morgan fingerprint density at radius 2 is 1.73 bits per heavy atom. The minimum absolute atomic E-state index is 0. The molecule has 4 N–H and O–H groups in total. The highest BCUT2D eigenvalue weighted by Gasteiger charge is 2.29. The monoisotopic (exact) mass is 552 g/mol. The van der Waals surface area contributed by atoms with Crippen molar-refractivity contribution >= 4 is 23.5 Å². The highest BCUT2D eigenvalue weighted by molar-refractivity contribution is 5.98. The van der Waals surface area contributed by atoms with Crippen molar-refractivity contribution < 1.29 is 23.9 Å². The van der Waals surface area contributed by atoms with Crippen molar-refractivity contribution in [3.63, 3.8) is 0 Å². The van der Waals surface area contributed by atoms with Gasteiger partial charge in [-0.1, -0.05) is 49.9 Å². The van der Waals surface area contributed by atoms with Gasteiger partial charge in [0.2, 0.25) is 11.8 Å². The number of rotatable bonds is 12. The fourth-order valence-corrected chi connectivity index (χ4v) is 3.62. The van der Waals surface area contributed by atoms with Crippen molar-refractivity contribution in [3.05, 3.63) is 78.2 Å². The lowest BCUT2D eigenvalue weighted by Crippen LogP contribution is -2.56. The van der Waals surface area contributed by atoms with Crippen LogP contribution in [0, 0.1) is 0 Å². The number of nitrogens with zero attached hydrogens (tertiary/aromatic N) is 3. The molecule has 1 aromatic heterocycles.